The van der Waals surface area contributed by atoms with Crippen LogP contribution in [0, 0.1) is 6.92 Å². The maximum absolute atomic E-state index is 10.7. The predicted molar refractivity (Wildman–Crippen MR) is 33.2 cm³/mol. The highest BCUT2D eigenvalue weighted by atomic mass is 16.5. The van der Waals surface area contributed by atoms with Gasteiger partial charge in [0.1, 0.15) is 0 Å². The highest BCUT2D eigenvalue weighted by Crippen LogP contribution is 1.75. The van der Waals surface area contributed by atoms with Crippen LogP contribution in [0.4, 0.5) is 0 Å². The lowest BCUT2D eigenvalue weighted by molar-refractivity contribution is 0.159. The Bertz CT molecular complexity index is 349. The molecule has 10 heavy (non-hydrogen) atoms. The fraction of sp³-hybridized carbons (Fsp3) is 0.200. The Labute approximate surface area is 55.5 Å². The van der Waals surface area contributed by atoms with Crippen LogP contribution in [0.5, 0.6) is 0 Å². The van der Waals surface area contributed by atoms with Gasteiger partial charge in [-0.1, -0.05) is 4.73 Å². The second-order valence-electron chi connectivity index (χ2n) is 1.89. The van der Waals surface area contributed by atoms with E-state index >= 15 is 0 Å². The first-order valence-corrected chi connectivity index (χ1v) is 2.63. The molecule has 0 aliphatic carbocycles. The molecule has 0 fully saturated rings. The van der Waals surface area contributed by atoms with Crippen LogP contribution in [0.3, 0.4) is 0 Å². The third kappa shape index (κ3) is 0.812. The smallest absolute Gasteiger partial charge is 0.361 e. The van der Waals surface area contributed by atoms with Gasteiger partial charge in [0.25, 0.3) is 5.56 Å². The summed E-state index contributed by atoms with van der Waals surface area (Å²) in [5, 5.41) is 8.65. The summed E-state index contributed by atoms with van der Waals surface area (Å²) in [5.74, 6) is 0. The van der Waals surface area contributed by atoms with Crippen molar-refractivity contribution in [2.24, 2.45) is 0 Å². The maximum Gasteiger partial charge on any atom is 0.361 e. The number of aromatic nitrogens is 2. The number of H-pyrrole nitrogens is 1. The monoisotopic (exact) mass is 142 g/mol. The molecule has 5 heteroatoms. The molecule has 0 atom stereocenters. The summed E-state index contributed by atoms with van der Waals surface area (Å²) in [7, 11) is 0. The largest absolute Gasteiger partial charge is 0.421 e. The Balaban J connectivity index is 3.66. The zero-order valence-corrected chi connectivity index (χ0v) is 5.29. The van der Waals surface area contributed by atoms with Crippen LogP contribution in [-0.2, 0) is 0 Å². The van der Waals surface area contributed by atoms with E-state index in [4.69, 9.17) is 5.21 Å². The van der Waals surface area contributed by atoms with E-state index in [1.165, 1.54) is 13.1 Å². The van der Waals surface area contributed by atoms with Crippen molar-refractivity contribution in [2.45, 2.75) is 6.92 Å². The molecule has 1 aromatic heterocycles. The summed E-state index contributed by atoms with van der Waals surface area (Å²) in [4.78, 5) is 23.3. The zero-order valence-electron chi connectivity index (χ0n) is 5.29. The molecule has 1 rings (SSSR count). The van der Waals surface area contributed by atoms with E-state index in [1.807, 2.05) is 0 Å². The third-order valence-corrected chi connectivity index (χ3v) is 1.13. The van der Waals surface area contributed by atoms with Crippen LogP contribution in [0.1, 0.15) is 5.56 Å². The summed E-state index contributed by atoms with van der Waals surface area (Å²) in [6, 6.07) is 0. The maximum atomic E-state index is 10.7. The molecule has 0 saturated carbocycles. The van der Waals surface area contributed by atoms with Crippen molar-refractivity contribution < 1.29 is 5.21 Å². The number of nitrogens with one attached hydrogen (secondary N) is 1. The van der Waals surface area contributed by atoms with Gasteiger partial charge in [-0.25, -0.2) is 4.79 Å². The van der Waals surface area contributed by atoms with Gasteiger partial charge in [0.05, 0.1) is 0 Å². The van der Waals surface area contributed by atoms with Crippen LogP contribution in [0.2, 0.25) is 0 Å². The van der Waals surface area contributed by atoms with Gasteiger partial charge in [-0.05, 0) is 6.92 Å². The van der Waals surface area contributed by atoms with Crippen LogP contribution >= 0.6 is 0 Å². The number of hydrogen-bond acceptors (Lipinski definition) is 3. The fourth-order valence-electron chi connectivity index (χ4n) is 0.552. The minimum absolute atomic E-state index is 0.0370. The lowest BCUT2D eigenvalue weighted by atomic mass is 10.4. The van der Waals surface area contributed by atoms with Gasteiger partial charge in [0.2, 0.25) is 0 Å². The van der Waals surface area contributed by atoms with E-state index in [9.17, 15) is 9.59 Å². The second-order valence-corrected chi connectivity index (χ2v) is 1.89. The summed E-state index contributed by atoms with van der Waals surface area (Å²) in [6.45, 7) is 1.49. The van der Waals surface area contributed by atoms with Gasteiger partial charge in [0.15, 0.2) is 0 Å². The van der Waals surface area contributed by atoms with Crippen LogP contribution in [0.25, 0.3) is 0 Å². The summed E-state index contributed by atoms with van der Waals surface area (Å²) >= 11 is 0. The Kier molecular flexibility index (Phi) is 1.33. The summed E-state index contributed by atoms with van der Waals surface area (Å²) in [6.07, 6.45) is 1.25. The molecule has 1 heterocycles. The second kappa shape index (κ2) is 2.02. The lowest BCUT2D eigenvalue weighted by Gasteiger charge is -1.92. The molecule has 0 bridgehead atoms. The topological polar surface area (TPSA) is 75.1 Å². The van der Waals surface area contributed by atoms with Gasteiger partial charge < -0.3 is 10.2 Å². The normalized spacial score (nSPS) is 9.70. The summed E-state index contributed by atoms with van der Waals surface area (Å²) < 4.78 is 0.0370. The Hall–Kier alpha value is -1.52. The van der Waals surface area contributed by atoms with Crippen molar-refractivity contribution in [1.82, 2.24) is 9.71 Å². The van der Waals surface area contributed by atoms with Crippen molar-refractivity contribution in [3.63, 3.8) is 0 Å². The standard InChI is InChI=1S/C5H6N2O3/c1-3-2-6-5(9)7(10)4(3)8/h2,10H,1H3,(H,6,9). The molecule has 0 aliphatic heterocycles. The van der Waals surface area contributed by atoms with E-state index < -0.39 is 11.2 Å². The Morgan fingerprint density at radius 3 is 2.70 bits per heavy atom. The van der Waals surface area contributed by atoms with Crippen LogP contribution in [-0.4, -0.2) is 14.9 Å². The van der Waals surface area contributed by atoms with Crippen LogP contribution < -0.4 is 11.2 Å². The number of rotatable bonds is 0. The average molecular weight is 142 g/mol. The molecule has 0 unspecified atom stereocenters. The molecular formula is C5H6N2O3. The predicted octanol–water partition coefficient (Wildman–Crippen LogP) is -0.918. The van der Waals surface area contributed by atoms with E-state index in [2.05, 4.69) is 4.98 Å². The Morgan fingerprint density at radius 2 is 2.20 bits per heavy atom. The molecule has 0 aromatic carbocycles. The zero-order chi connectivity index (χ0) is 7.72. The van der Waals surface area contributed by atoms with Crippen molar-refractivity contribution >= 4 is 0 Å². The van der Waals surface area contributed by atoms with Gasteiger partial charge in [0, 0.05) is 11.8 Å². The van der Waals surface area contributed by atoms with Gasteiger partial charge in [-0.2, -0.15) is 0 Å². The van der Waals surface area contributed by atoms with E-state index in [0.717, 1.165) is 0 Å². The Morgan fingerprint density at radius 1 is 1.60 bits per heavy atom. The molecule has 1 aromatic rings. The van der Waals surface area contributed by atoms with Gasteiger partial charge >= 0.3 is 5.69 Å². The van der Waals surface area contributed by atoms with Crippen molar-refractivity contribution in [3.05, 3.63) is 32.6 Å². The van der Waals surface area contributed by atoms with Crippen molar-refractivity contribution in [3.8, 4) is 0 Å². The molecule has 0 amide bonds. The molecule has 0 saturated heterocycles. The lowest BCUT2D eigenvalue weighted by Crippen LogP contribution is -2.34. The highest BCUT2D eigenvalue weighted by molar-refractivity contribution is 4.99. The van der Waals surface area contributed by atoms with Gasteiger partial charge in [-0.3, -0.25) is 4.79 Å². The van der Waals surface area contributed by atoms with Gasteiger partial charge in [-0.15, -0.1) is 0 Å². The molecule has 2 N–H and O–H groups in total. The molecule has 54 valence electrons. The van der Waals surface area contributed by atoms with Crippen molar-refractivity contribution in [1.29, 1.82) is 0 Å². The first-order chi connectivity index (χ1) is 4.63. The number of aryl methyl sites for hydroxylation is 1. The average Bonchev–Trinajstić information content (AvgIpc) is 1.93. The summed E-state index contributed by atoms with van der Waals surface area (Å²) in [5.41, 5.74) is -1.22. The van der Waals surface area contributed by atoms with Crippen molar-refractivity contribution in [2.75, 3.05) is 0 Å². The van der Waals surface area contributed by atoms with E-state index in [1.54, 1.807) is 0 Å². The molecule has 0 aliphatic rings. The molecule has 0 spiro atoms. The number of aromatic amines is 1. The highest BCUT2D eigenvalue weighted by Gasteiger charge is 1.98. The first-order valence-electron chi connectivity index (χ1n) is 2.63. The van der Waals surface area contributed by atoms with E-state index in [-0.39, 0.29) is 4.73 Å². The molecule has 0 radical (unpaired) electrons. The third-order valence-electron chi connectivity index (χ3n) is 1.13. The number of hydrogen-bond donors (Lipinski definition) is 2. The first kappa shape index (κ1) is 6.60. The quantitative estimate of drug-likeness (QED) is 0.460. The fourth-order valence-corrected chi connectivity index (χ4v) is 0.552. The molecule has 5 nitrogen and oxygen atoms in total. The minimum atomic E-state index is -0.824. The van der Waals surface area contributed by atoms with Crippen LogP contribution in [0.15, 0.2) is 15.8 Å². The molecular weight excluding hydrogens is 136 g/mol. The SMILES string of the molecule is Cc1c[nH]c(=O)n(O)c1=O. The minimum Gasteiger partial charge on any atom is -0.421 e. The number of nitrogens with zero attached hydrogens (tertiary/aromatic N) is 1. The van der Waals surface area contributed by atoms with E-state index in [0.29, 0.717) is 5.56 Å².